The number of rotatable bonds is 4. The molecule has 2 rings (SSSR count). The average Bonchev–Trinajstić information content (AvgIpc) is 2.60. The minimum atomic E-state index is 0. The predicted octanol–water partition coefficient (Wildman–Crippen LogP) is 4.76. The van der Waals surface area contributed by atoms with Crippen molar-refractivity contribution in [3.8, 4) is 5.75 Å². The van der Waals surface area contributed by atoms with Gasteiger partial charge in [0, 0.05) is 25.5 Å². The summed E-state index contributed by atoms with van der Waals surface area (Å²) in [6.07, 6.45) is 0.771. The number of nitrogen functional groups attached to an aromatic ring is 1. The standard InChI is InChI=1S/C14H14N2O2.C2H6O.C2H6.CH4/c1-18-12-5-3-11(4-6-12)16-14-7-2-10(9-17)8-13(14)15;1-3-2;1-2;/h2-9,16H,15H2,1H3;1-2H3;1-2H3;1H4. The minimum absolute atomic E-state index is 0. The molecule has 24 heavy (non-hydrogen) atoms. The van der Waals surface area contributed by atoms with Crippen LogP contribution < -0.4 is 15.8 Å². The van der Waals surface area contributed by atoms with Crippen LogP contribution in [0, 0.1) is 0 Å². The summed E-state index contributed by atoms with van der Waals surface area (Å²) in [4.78, 5) is 10.6. The molecule has 0 atom stereocenters. The minimum Gasteiger partial charge on any atom is -0.497 e. The topological polar surface area (TPSA) is 73.6 Å². The molecule has 0 aliphatic heterocycles. The van der Waals surface area contributed by atoms with Crippen molar-refractivity contribution in [2.24, 2.45) is 0 Å². The lowest BCUT2D eigenvalue weighted by Gasteiger charge is -2.10. The molecule has 5 nitrogen and oxygen atoms in total. The Balaban J connectivity index is 0. The van der Waals surface area contributed by atoms with E-state index in [4.69, 9.17) is 10.5 Å². The number of nitrogens with one attached hydrogen (secondary N) is 1. The lowest BCUT2D eigenvalue weighted by Crippen LogP contribution is -1.97. The molecule has 0 fully saturated rings. The van der Waals surface area contributed by atoms with Crippen LogP contribution in [-0.2, 0) is 4.74 Å². The van der Waals surface area contributed by atoms with Crippen LogP contribution in [0.25, 0.3) is 0 Å². The number of aldehydes is 1. The number of methoxy groups -OCH3 is 2. The molecule has 134 valence electrons. The van der Waals surface area contributed by atoms with Crippen molar-refractivity contribution < 1.29 is 14.3 Å². The van der Waals surface area contributed by atoms with Gasteiger partial charge in [0.1, 0.15) is 12.0 Å². The first-order valence-electron chi connectivity index (χ1n) is 7.30. The van der Waals surface area contributed by atoms with Crippen LogP contribution in [0.3, 0.4) is 0 Å². The molecule has 0 unspecified atom stereocenters. The molecule has 0 aromatic heterocycles. The molecule has 0 radical (unpaired) electrons. The molecule has 0 aliphatic carbocycles. The number of carbonyl (C=O) groups excluding carboxylic acids is 1. The second kappa shape index (κ2) is 14.1. The van der Waals surface area contributed by atoms with Crippen LogP contribution in [0.5, 0.6) is 5.75 Å². The molecule has 0 aliphatic rings. The predicted molar refractivity (Wildman–Crippen MR) is 104 cm³/mol. The van der Waals surface area contributed by atoms with E-state index in [2.05, 4.69) is 10.1 Å². The van der Waals surface area contributed by atoms with Crippen LogP contribution in [-0.4, -0.2) is 27.6 Å². The van der Waals surface area contributed by atoms with E-state index >= 15 is 0 Å². The smallest absolute Gasteiger partial charge is 0.150 e. The van der Waals surface area contributed by atoms with E-state index in [1.54, 1.807) is 39.5 Å². The Morgan fingerprint density at radius 3 is 1.96 bits per heavy atom. The molecule has 0 bridgehead atoms. The summed E-state index contributed by atoms with van der Waals surface area (Å²) in [5, 5.41) is 3.18. The molecule has 0 saturated heterocycles. The largest absolute Gasteiger partial charge is 0.497 e. The van der Waals surface area contributed by atoms with Crippen molar-refractivity contribution in [3.63, 3.8) is 0 Å². The Morgan fingerprint density at radius 1 is 1.00 bits per heavy atom. The van der Waals surface area contributed by atoms with Gasteiger partial charge in [-0.05, 0) is 42.5 Å². The van der Waals surface area contributed by atoms with E-state index in [0.717, 1.165) is 23.4 Å². The first kappa shape index (κ1) is 23.7. The third-order valence-corrected chi connectivity index (χ3v) is 2.58. The van der Waals surface area contributed by atoms with Gasteiger partial charge in [-0.25, -0.2) is 0 Å². The second-order valence-electron chi connectivity index (χ2n) is 4.23. The van der Waals surface area contributed by atoms with Crippen molar-refractivity contribution in [2.45, 2.75) is 21.3 Å². The summed E-state index contributed by atoms with van der Waals surface area (Å²) < 4.78 is 9.33. The lowest BCUT2D eigenvalue weighted by atomic mass is 10.2. The highest BCUT2D eigenvalue weighted by Gasteiger charge is 2.01. The van der Waals surface area contributed by atoms with Gasteiger partial charge in [-0.15, -0.1) is 0 Å². The molecular weight excluding hydrogens is 304 g/mol. The first-order valence-corrected chi connectivity index (χ1v) is 7.30. The number of hydrogen-bond acceptors (Lipinski definition) is 5. The molecule has 3 N–H and O–H groups in total. The monoisotopic (exact) mass is 334 g/mol. The fraction of sp³-hybridized carbons (Fsp3) is 0.316. The zero-order valence-corrected chi connectivity index (χ0v) is 14.4. The van der Waals surface area contributed by atoms with Crippen molar-refractivity contribution >= 4 is 23.3 Å². The average molecular weight is 334 g/mol. The van der Waals surface area contributed by atoms with Crippen molar-refractivity contribution in [3.05, 3.63) is 48.0 Å². The van der Waals surface area contributed by atoms with Crippen LogP contribution >= 0.6 is 0 Å². The quantitative estimate of drug-likeness (QED) is 0.623. The molecule has 0 spiro atoms. The van der Waals surface area contributed by atoms with Crippen LogP contribution in [0.1, 0.15) is 31.6 Å². The van der Waals surface area contributed by atoms with Gasteiger partial charge in [-0.2, -0.15) is 0 Å². The highest BCUT2D eigenvalue weighted by molar-refractivity contribution is 5.82. The van der Waals surface area contributed by atoms with Crippen LogP contribution in [0.15, 0.2) is 42.5 Å². The lowest BCUT2D eigenvalue weighted by molar-refractivity contribution is 0.112. The van der Waals surface area contributed by atoms with Gasteiger partial charge in [0.25, 0.3) is 0 Å². The summed E-state index contributed by atoms with van der Waals surface area (Å²) in [6, 6.07) is 12.6. The maximum atomic E-state index is 10.6. The highest BCUT2D eigenvalue weighted by Crippen LogP contribution is 2.25. The molecule has 0 heterocycles. The normalized spacial score (nSPS) is 8.38. The van der Waals surface area contributed by atoms with Crippen LogP contribution in [0.4, 0.5) is 17.1 Å². The SMILES string of the molecule is C.CC.COC.COc1ccc(Nc2ccc(C=O)cc2N)cc1. The van der Waals surface area contributed by atoms with Crippen molar-refractivity contribution in [1.29, 1.82) is 0 Å². The summed E-state index contributed by atoms with van der Waals surface area (Å²) in [7, 11) is 4.87. The van der Waals surface area contributed by atoms with Gasteiger partial charge in [0.05, 0.1) is 18.5 Å². The summed E-state index contributed by atoms with van der Waals surface area (Å²) in [5.41, 5.74) is 8.63. The molecular formula is C19H30N2O3. The Hall–Kier alpha value is -2.53. The van der Waals surface area contributed by atoms with E-state index in [1.165, 1.54) is 0 Å². The maximum Gasteiger partial charge on any atom is 0.150 e. The van der Waals surface area contributed by atoms with E-state index in [-0.39, 0.29) is 7.43 Å². The third kappa shape index (κ3) is 8.19. The number of carbonyl (C=O) groups is 1. The van der Waals surface area contributed by atoms with E-state index in [0.29, 0.717) is 11.3 Å². The van der Waals surface area contributed by atoms with Gasteiger partial charge in [0.2, 0.25) is 0 Å². The first-order chi connectivity index (χ1) is 11.1. The summed E-state index contributed by atoms with van der Waals surface area (Å²) in [6.45, 7) is 4.00. The third-order valence-electron chi connectivity index (χ3n) is 2.58. The van der Waals surface area contributed by atoms with Gasteiger partial charge in [-0.1, -0.05) is 21.3 Å². The van der Waals surface area contributed by atoms with Crippen molar-refractivity contribution in [2.75, 3.05) is 32.4 Å². The molecule has 2 aromatic rings. The molecule has 5 heteroatoms. The zero-order valence-electron chi connectivity index (χ0n) is 14.4. The van der Waals surface area contributed by atoms with Gasteiger partial charge >= 0.3 is 0 Å². The van der Waals surface area contributed by atoms with Gasteiger partial charge < -0.3 is 20.5 Å². The fourth-order valence-corrected chi connectivity index (χ4v) is 1.60. The van der Waals surface area contributed by atoms with Crippen LogP contribution in [0.2, 0.25) is 0 Å². The molecule has 2 aromatic carbocycles. The summed E-state index contributed by atoms with van der Waals surface area (Å²) >= 11 is 0. The highest BCUT2D eigenvalue weighted by atomic mass is 16.5. The number of ether oxygens (including phenoxy) is 2. The number of anilines is 3. The van der Waals surface area contributed by atoms with E-state index in [9.17, 15) is 4.79 Å². The maximum absolute atomic E-state index is 10.6. The fourth-order valence-electron chi connectivity index (χ4n) is 1.60. The molecule has 0 amide bonds. The van der Waals surface area contributed by atoms with E-state index < -0.39 is 0 Å². The number of benzene rings is 2. The summed E-state index contributed by atoms with van der Waals surface area (Å²) in [5.74, 6) is 0.796. The Kier molecular flexibility index (Phi) is 13.9. The Morgan fingerprint density at radius 2 is 1.54 bits per heavy atom. The number of nitrogens with two attached hydrogens (primary N) is 1. The Labute approximate surface area is 145 Å². The van der Waals surface area contributed by atoms with E-state index in [1.807, 2.05) is 38.1 Å². The number of hydrogen-bond donors (Lipinski definition) is 2. The van der Waals surface area contributed by atoms with Gasteiger partial charge in [0.15, 0.2) is 0 Å². The van der Waals surface area contributed by atoms with Crippen molar-refractivity contribution in [1.82, 2.24) is 0 Å². The molecule has 0 saturated carbocycles. The van der Waals surface area contributed by atoms with Gasteiger partial charge in [-0.3, -0.25) is 4.79 Å². The zero-order chi connectivity index (χ0) is 17.7. The Bertz CT molecular complexity index is 569. The second-order valence-corrected chi connectivity index (χ2v) is 4.23.